The molecule has 0 atom stereocenters. The Morgan fingerprint density at radius 2 is 2.00 bits per heavy atom. The first-order valence-corrected chi connectivity index (χ1v) is 12.3. The lowest BCUT2D eigenvalue weighted by atomic mass is 9.92. The normalized spacial score (nSPS) is 13.4. The number of nitrogens with zero attached hydrogens (tertiary/aromatic N) is 6. The molecule has 1 saturated carbocycles. The van der Waals surface area contributed by atoms with Crippen LogP contribution in [0.4, 0.5) is 17.6 Å². The van der Waals surface area contributed by atoms with E-state index in [2.05, 4.69) is 52.3 Å². The van der Waals surface area contributed by atoms with Gasteiger partial charge in [0.05, 0.1) is 18.3 Å². The molecular formula is C27H30N8O2. The van der Waals surface area contributed by atoms with Gasteiger partial charge in [-0.15, -0.1) is 12.3 Å². The monoisotopic (exact) mass is 498 g/mol. The molecule has 10 heteroatoms. The van der Waals surface area contributed by atoms with E-state index in [0.29, 0.717) is 47.7 Å². The second-order valence-corrected chi connectivity index (χ2v) is 10.2. The van der Waals surface area contributed by atoms with Gasteiger partial charge >= 0.3 is 0 Å². The van der Waals surface area contributed by atoms with Crippen molar-refractivity contribution < 1.29 is 9.53 Å². The van der Waals surface area contributed by atoms with Crippen LogP contribution in [-0.4, -0.2) is 35.2 Å². The van der Waals surface area contributed by atoms with Crippen LogP contribution >= 0.6 is 0 Å². The Balaban J connectivity index is 1.35. The molecule has 4 aromatic rings. The van der Waals surface area contributed by atoms with Gasteiger partial charge in [0.15, 0.2) is 11.5 Å². The van der Waals surface area contributed by atoms with Crippen LogP contribution in [0.15, 0.2) is 36.7 Å². The molecule has 0 spiro atoms. The first kappa shape index (κ1) is 24.3. The number of hydrogen-bond acceptors (Lipinski definition) is 7. The van der Waals surface area contributed by atoms with Crippen LogP contribution < -0.4 is 15.4 Å². The number of carbonyl (C=O) groups is 1. The molecule has 37 heavy (non-hydrogen) atoms. The Morgan fingerprint density at radius 1 is 1.19 bits per heavy atom. The molecule has 190 valence electrons. The summed E-state index contributed by atoms with van der Waals surface area (Å²) in [4.78, 5) is 25.4. The Hall–Kier alpha value is -4.39. The number of aryl methyl sites for hydroxylation is 2. The highest BCUT2D eigenvalue weighted by atomic mass is 16.5. The maximum atomic E-state index is 12.0. The van der Waals surface area contributed by atoms with Crippen molar-refractivity contribution in [2.45, 2.75) is 52.0 Å². The first-order chi connectivity index (χ1) is 17.7. The minimum atomic E-state index is -0.0881. The highest BCUT2D eigenvalue weighted by molar-refractivity contribution is 5.93. The number of ether oxygens (including phenoxy) is 1. The number of aromatic nitrogens is 6. The summed E-state index contributed by atoms with van der Waals surface area (Å²) in [5.74, 6) is 5.63. The van der Waals surface area contributed by atoms with Crippen LogP contribution in [0.1, 0.15) is 45.7 Å². The van der Waals surface area contributed by atoms with Crippen molar-refractivity contribution in [3.8, 4) is 23.8 Å². The van der Waals surface area contributed by atoms with E-state index in [9.17, 15) is 4.79 Å². The zero-order chi connectivity index (χ0) is 26.2. The molecule has 0 aliphatic heterocycles. The van der Waals surface area contributed by atoms with Crippen LogP contribution in [-0.2, 0) is 23.8 Å². The molecule has 1 aliphatic rings. The van der Waals surface area contributed by atoms with Gasteiger partial charge in [-0.2, -0.15) is 10.1 Å². The lowest BCUT2D eigenvalue weighted by Gasteiger charge is -2.19. The standard InChI is InChI=1S/C27H30N8O2/c1-6-7-12-35-21(27(2,3)4)15-23(33-35)31-26-32-24-20(34(26)5)13-19(16-29-24)37-18-10-11-28-22(14-18)30-25(36)17-8-9-17/h1,10-11,13-17H,7-9,12H2,2-5H3,(H,28,30,36)(H,29,31,32,33). The van der Waals surface area contributed by atoms with Gasteiger partial charge in [-0.05, 0) is 18.9 Å². The van der Waals surface area contributed by atoms with Crippen molar-refractivity contribution in [1.82, 2.24) is 29.3 Å². The number of rotatable bonds is 8. The fourth-order valence-corrected chi connectivity index (χ4v) is 4.01. The van der Waals surface area contributed by atoms with Gasteiger partial charge < -0.3 is 19.9 Å². The third-order valence-electron chi connectivity index (χ3n) is 6.14. The summed E-state index contributed by atoms with van der Waals surface area (Å²) in [7, 11) is 1.90. The van der Waals surface area contributed by atoms with E-state index < -0.39 is 0 Å². The molecule has 4 heterocycles. The van der Waals surface area contributed by atoms with Gasteiger partial charge in [0, 0.05) is 54.9 Å². The largest absolute Gasteiger partial charge is 0.455 e. The number of terminal acetylenes is 1. The highest BCUT2D eigenvalue weighted by Gasteiger charge is 2.29. The van der Waals surface area contributed by atoms with Gasteiger partial charge in [-0.25, -0.2) is 9.97 Å². The third-order valence-corrected chi connectivity index (χ3v) is 6.14. The number of carbonyl (C=O) groups excluding carboxylic acids is 1. The van der Waals surface area contributed by atoms with Crippen LogP contribution in [0.3, 0.4) is 0 Å². The topological polar surface area (TPSA) is 112 Å². The van der Waals surface area contributed by atoms with E-state index in [1.165, 1.54) is 0 Å². The van der Waals surface area contributed by atoms with Crippen molar-refractivity contribution in [1.29, 1.82) is 0 Å². The summed E-state index contributed by atoms with van der Waals surface area (Å²) >= 11 is 0. The summed E-state index contributed by atoms with van der Waals surface area (Å²) in [6.45, 7) is 7.09. The van der Waals surface area contributed by atoms with E-state index in [0.717, 1.165) is 24.1 Å². The molecule has 10 nitrogen and oxygen atoms in total. The second kappa shape index (κ2) is 9.58. The van der Waals surface area contributed by atoms with Crippen molar-refractivity contribution in [2.75, 3.05) is 10.6 Å². The van der Waals surface area contributed by atoms with Crippen molar-refractivity contribution in [3.05, 3.63) is 42.4 Å². The van der Waals surface area contributed by atoms with Crippen molar-refractivity contribution in [3.63, 3.8) is 0 Å². The zero-order valence-electron chi connectivity index (χ0n) is 21.4. The van der Waals surface area contributed by atoms with Crippen LogP contribution in [0.25, 0.3) is 11.2 Å². The number of fused-ring (bicyclic) bond motifs is 1. The summed E-state index contributed by atoms with van der Waals surface area (Å²) < 4.78 is 9.87. The molecule has 4 aromatic heterocycles. The predicted molar refractivity (Wildman–Crippen MR) is 142 cm³/mol. The molecule has 1 aliphatic carbocycles. The molecule has 0 unspecified atom stereocenters. The highest BCUT2D eigenvalue weighted by Crippen LogP contribution is 2.31. The van der Waals surface area contributed by atoms with Gasteiger partial charge in [-0.1, -0.05) is 20.8 Å². The minimum absolute atomic E-state index is 0.00171. The average Bonchev–Trinajstić information content (AvgIpc) is 3.56. The fourth-order valence-electron chi connectivity index (χ4n) is 4.01. The molecule has 2 N–H and O–H groups in total. The van der Waals surface area contributed by atoms with Crippen LogP contribution in [0, 0.1) is 18.3 Å². The van der Waals surface area contributed by atoms with E-state index in [1.807, 2.05) is 28.4 Å². The van der Waals surface area contributed by atoms with Gasteiger partial charge in [-0.3, -0.25) is 9.48 Å². The number of hydrogen-bond donors (Lipinski definition) is 2. The summed E-state index contributed by atoms with van der Waals surface area (Å²) in [6.07, 6.45) is 11.2. The van der Waals surface area contributed by atoms with E-state index in [-0.39, 0.29) is 17.2 Å². The van der Waals surface area contributed by atoms with Crippen LogP contribution in [0.2, 0.25) is 0 Å². The zero-order valence-corrected chi connectivity index (χ0v) is 21.4. The molecule has 0 aromatic carbocycles. The van der Waals surface area contributed by atoms with Crippen molar-refractivity contribution >= 4 is 34.7 Å². The minimum Gasteiger partial charge on any atom is -0.455 e. The number of amides is 1. The maximum absolute atomic E-state index is 12.0. The third kappa shape index (κ3) is 5.40. The van der Waals surface area contributed by atoms with Gasteiger partial charge in [0.2, 0.25) is 11.9 Å². The van der Waals surface area contributed by atoms with Gasteiger partial charge in [0.25, 0.3) is 0 Å². The SMILES string of the molecule is C#CCCn1nc(Nc2nc3ncc(Oc4ccnc(NC(=O)C5CC5)c4)cc3n2C)cc1C(C)(C)C. The predicted octanol–water partition coefficient (Wildman–Crippen LogP) is 4.77. The lowest BCUT2D eigenvalue weighted by Crippen LogP contribution is -2.18. The lowest BCUT2D eigenvalue weighted by molar-refractivity contribution is -0.117. The molecule has 0 bridgehead atoms. The van der Waals surface area contributed by atoms with Crippen LogP contribution in [0.5, 0.6) is 11.5 Å². The molecule has 0 saturated heterocycles. The smallest absolute Gasteiger partial charge is 0.228 e. The molecular weight excluding hydrogens is 468 g/mol. The Bertz CT molecular complexity index is 1500. The summed E-state index contributed by atoms with van der Waals surface area (Å²) in [5.41, 5.74) is 2.36. The van der Waals surface area contributed by atoms with Crippen molar-refractivity contribution in [2.24, 2.45) is 13.0 Å². The first-order valence-electron chi connectivity index (χ1n) is 12.3. The number of imidazole rings is 1. The Labute approximate surface area is 215 Å². The quantitative estimate of drug-likeness (QED) is 0.337. The number of nitrogens with one attached hydrogen (secondary N) is 2. The number of anilines is 3. The molecule has 5 rings (SSSR count). The van der Waals surface area contributed by atoms with Gasteiger partial charge in [0.1, 0.15) is 17.3 Å². The summed E-state index contributed by atoms with van der Waals surface area (Å²) in [6, 6.07) is 7.33. The number of pyridine rings is 2. The van der Waals surface area contributed by atoms with E-state index in [4.69, 9.17) is 16.3 Å². The van der Waals surface area contributed by atoms with E-state index in [1.54, 1.807) is 24.5 Å². The molecule has 0 radical (unpaired) electrons. The maximum Gasteiger partial charge on any atom is 0.228 e. The molecule has 1 fully saturated rings. The molecule has 1 amide bonds. The Morgan fingerprint density at radius 3 is 2.73 bits per heavy atom. The Kier molecular flexibility index (Phi) is 6.29. The summed E-state index contributed by atoms with van der Waals surface area (Å²) in [5, 5.41) is 10.9. The second-order valence-electron chi connectivity index (χ2n) is 10.2. The fraction of sp³-hybridized carbons (Fsp3) is 0.370. The van der Waals surface area contributed by atoms with E-state index >= 15 is 0 Å². The average molecular weight is 499 g/mol.